The molecule has 3 aliphatic rings. The van der Waals surface area contributed by atoms with Crippen LogP contribution in [0.2, 0.25) is 24.2 Å². The molecule has 0 aromatic carbocycles. The Morgan fingerprint density at radius 1 is 0.538 bits per heavy atom. The number of fused-ring (bicyclic) bond motifs is 5. The topological polar surface area (TPSA) is 187 Å². The van der Waals surface area contributed by atoms with Crippen molar-refractivity contribution in [2.75, 3.05) is 40.4 Å². The van der Waals surface area contributed by atoms with Gasteiger partial charge in [0, 0.05) is 38.4 Å². The molecule has 0 amide bonds. The summed E-state index contributed by atoms with van der Waals surface area (Å²) in [7, 11) is -10.4. The van der Waals surface area contributed by atoms with Crippen LogP contribution < -0.4 is 22.9 Å². The Hall–Kier alpha value is 0.348. The third-order valence-corrected chi connectivity index (χ3v) is 22.6. The van der Waals surface area contributed by atoms with E-state index in [0.717, 1.165) is 0 Å². The highest BCUT2D eigenvalue weighted by Gasteiger charge is 2.70. The normalized spacial score (nSPS) is 40.6. The van der Waals surface area contributed by atoms with E-state index in [0.29, 0.717) is 88.9 Å². The van der Waals surface area contributed by atoms with Gasteiger partial charge in [-0.05, 0) is 64.7 Å². The standard InChI is InChI=1S/C22H52N4O9Si4/c1-5-19-21-22-20(6-2)30-37(28-4,16-8-12-24)34-39(32-22,18-10-14-26)35-38(31-21,17-9-13-25)33-36(27-3,29-19)15-7-11-23/h19-22H,5-18,23-26H2,1-4H3/t19-,20?,21?,22?,36?,37?,38?,39?/m1/s1. The van der Waals surface area contributed by atoms with Crippen molar-refractivity contribution >= 4 is 35.2 Å². The van der Waals surface area contributed by atoms with Gasteiger partial charge in [0.05, 0.1) is 12.2 Å². The fourth-order valence-electron chi connectivity index (χ4n) is 5.45. The van der Waals surface area contributed by atoms with Crippen LogP contribution in [0.5, 0.6) is 0 Å². The van der Waals surface area contributed by atoms with Gasteiger partial charge in [-0.15, -0.1) is 0 Å². The van der Waals surface area contributed by atoms with Crippen molar-refractivity contribution in [2.24, 2.45) is 22.9 Å². The molecule has 13 nitrogen and oxygen atoms in total. The number of hydrogen-bond donors (Lipinski definition) is 4. The van der Waals surface area contributed by atoms with Crippen molar-refractivity contribution in [2.45, 2.75) is 101 Å². The molecule has 0 radical (unpaired) electrons. The van der Waals surface area contributed by atoms with Crippen LogP contribution >= 0.6 is 0 Å². The van der Waals surface area contributed by atoms with E-state index in [1.54, 1.807) is 14.2 Å². The Labute approximate surface area is 238 Å². The van der Waals surface area contributed by atoms with Gasteiger partial charge in [0.15, 0.2) is 0 Å². The summed E-state index contributed by atoms with van der Waals surface area (Å²) in [6.07, 6.45) is 2.21. The molecule has 3 fully saturated rings. The van der Waals surface area contributed by atoms with Crippen molar-refractivity contribution in [3.63, 3.8) is 0 Å². The zero-order chi connectivity index (χ0) is 28.6. The summed E-state index contributed by atoms with van der Waals surface area (Å²) in [5.74, 6) is 0. The minimum Gasteiger partial charge on any atom is -0.377 e. The van der Waals surface area contributed by atoms with E-state index < -0.39 is 47.4 Å². The molecule has 0 aromatic rings. The van der Waals surface area contributed by atoms with Crippen LogP contribution in [0.15, 0.2) is 0 Å². The predicted molar refractivity (Wildman–Crippen MR) is 154 cm³/mol. The lowest BCUT2D eigenvalue weighted by Crippen LogP contribution is -2.65. The van der Waals surface area contributed by atoms with E-state index in [2.05, 4.69) is 13.8 Å². The first-order valence-electron chi connectivity index (χ1n) is 14.5. The van der Waals surface area contributed by atoms with E-state index in [1.165, 1.54) is 0 Å². The van der Waals surface area contributed by atoms with Crippen molar-refractivity contribution in [1.29, 1.82) is 0 Å². The van der Waals surface area contributed by atoms with Gasteiger partial charge in [-0.3, -0.25) is 0 Å². The first-order valence-corrected chi connectivity index (χ1v) is 22.2. The van der Waals surface area contributed by atoms with E-state index >= 15 is 0 Å². The van der Waals surface area contributed by atoms with Crippen LogP contribution in [0.3, 0.4) is 0 Å². The molecule has 0 aromatic heterocycles. The minimum atomic E-state index is -3.55. The lowest BCUT2D eigenvalue weighted by Gasteiger charge is -2.41. The molecule has 17 heteroatoms. The smallest absolute Gasteiger partial charge is 0.377 e. The molecule has 0 saturated carbocycles. The Morgan fingerprint density at radius 3 is 1.21 bits per heavy atom. The molecule has 3 saturated heterocycles. The average Bonchev–Trinajstić information content (AvgIpc) is 3.25. The molecule has 0 spiro atoms. The summed E-state index contributed by atoms with van der Waals surface area (Å²) in [6, 6.07) is 2.08. The van der Waals surface area contributed by atoms with Crippen LogP contribution in [0.4, 0.5) is 0 Å². The van der Waals surface area contributed by atoms with Crippen molar-refractivity contribution in [3.05, 3.63) is 0 Å². The maximum atomic E-state index is 7.12. The molecule has 3 rings (SSSR count). The largest absolute Gasteiger partial charge is 0.493 e. The fraction of sp³-hybridized carbons (Fsp3) is 1.00. The van der Waals surface area contributed by atoms with Crippen molar-refractivity contribution in [3.8, 4) is 0 Å². The maximum Gasteiger partial charge on any atom is 0.493 e. The van der Waals surface area contributed by atoms with Gasteiger partial charge in [-0.2, -0.15) is 0 Å². The van der Waals surface area contributed by atoms with Gasteiger partial charge in [-0.25, -0.2) is 0 Å². The quantitative estimate of drug-likeness (QED) is 0.177. The van der Waals surface area contributed by atoms with Crippen LogP contribution in [0, 0.1) is 0 Å². The Kier molecular flexibility index (Phi) is 13.2. The highest BCUT2D eigenvalue weighted by atomic mass is 28.5. The highest BCUT2D eigenvalue weighted by molar-refractivity contribution is 6.84. The molecular weight excluding hydrogens is 577 g/mol. The number of hydrogen-bond acceptors (Lipinski definition) is 13. The lowest BCUT2D eigenvalue weighted by atomic mass is 10.00. The molecule has 0 aliphatic carbocycles. The molecule has 3 aliphatic heterocycles. The zero-order valence-electron chi connectivity index (χ0n) is 24.2. The van der Waals surface area contributed by atoms with Crippen LogP contribution in [0.25, 0.3) is 0 Å². The third-order valence-electron chi connectivity index (χ3n) is 7.46. The number of rotatable bonds is 16. The first-order chi connectivity index (χ1) is 18.8. The van der Waals surface area contributed by atoms with Crippen LogP contribution in [-0.4, -0.2) is 100 Å². The lowest BCUT2D eigenvalue weighted by molar-refractivity contribution is -0.0774. The molecule has 3 heterocycles. The molecule has 7 unspecified atom stereocenters. The van der Waals surface area contributed by atoms with Gasteiger partial charge in [0.2, 0.25) is 0 Å². The average molecular weight is 629 g/mol. The SMILES string of the molecule is CCC1O[Si](CCCN)(OC)O[Si]2(CCCN)OC1C1O[Si](CCCN)(O[Si](CCCN)(OC)O[C@@H]1CC)O2. The second-order valence-electron chi connectivity index (χ2n) is 10.3. The second kappa shape index (κ2) is 15.2. The fourth-order valence-corrected chi connectivity index (χ4v) is 23.0. The van der Waals surface area contributed by atoms with Gasteiger partial charge in [-0.1, -0.05) is 13.8 Å². The maximum absolute atomic E-state index is 7.12. The Balaban J connectivity index is 2.22. The zero-order valence-corrected chi connectivity index (χ0v) is 28.2. The van der Waals surface area contributed by atoms with Gasteiger partial charge in [0.25, 0.3) is 0 Å². The molecule has 8 N–H and O–H groups in total. The molecule has 8 atom stereocenters. The van der Waals surface area contributed by atoms with Crippen molar-refractivity contribution < 1.29 is 38.9 Å². The summed E-state index contributed by atoms with van der Waals surface area (Å²) in [5, 5.41) is 0. The Morgan fingerprint density at radius 2 is 0.897 bits per heavy atom. The second-order valence-corrected chi connectivity index (χ2v) is 22.0. The van der Waals surface area contributed by atoms with E-state index in [1.807, 2.05) is 0 Å². The highest BCUT2D eigenvalue weighted by Crippen LogP contribution is 2.46. The first kappa shape index (κ1) is 33.8. The summed E-state index contributed by atoms with van der Waals surface area (Å²) in [5.41, 5.74) is 23.8. The van der Waals surface area contributed by atoms with Gasteiger partial charge >= 0.3 is 35.2 Å². The van der Waals surface area contributed by atoms with Gasteiger partial charge < -0.3 is 61.8 Å². The monoisotopic (exact) mass is 628 g/mol. The van der Waals surface area contributed by atoms with Crippen LogP contribution in [0.1, 0.15) is 52.4 Å². The van der Waals surface area contributed by atoms with E-state index in [9.17, 15) is 0 Å². The Bertz CT molecular complexity index is 700. The predicted octanol–water partition coefficient (Wildman–Crippen LogP) is 0.881. The minimum absolute atomic E-state index is 0.368. The number of nitrogens with two attached hydrogens (primary N) is 4. The molecule has 4 bridgehead atoms. The third kappa shape index (κ3) is 7.85. The van der Waals surface area contributed by atoms with E-state index in [-0.39, 0.29) is 12.2 Å². The van der Waals surface area contributed by atoms with Gasteiger partial charge in [0.1, 0.15) is 12.2 Å². The van der Waals surface area contributed by atoms with Crippen molar-refractivity contribution in [1.82, 2.24) is 0 Å². The summed E-state index contributed by atoms with van der Waals surface area (Å²) < 4.78 is 60.8. The summed E-state index contributed by atoms with van der Waals surface area (Å²) >= 11 is 0. The summed E-state index contributed by atoms with van der Waals surface area (Å²) in [4.78, 5) is 0. The molecule has 230 valence electrons. The van der Waals surface area contributed by atoms with Crippen LogP contribution in [-0.2, 0) is 38.9 Å². The summed E-state index contributed by atoms with van der Waals surface area (Å²) in [6.45, 7) is 6.01. The molecule has 39 heavy (non-hydrogen) atoms. The molecular formula is C22H52N4O9Si4. The van der Waals surface area contributed by atoms with E-state index in [4.69, 9.17) is 61.8 Å².